The van der Waals surface area contributed by atoms with Gasteiger partial charge in [0.25, 0.3) is 0 Å². The third kappa shape index (κ3) is 21.3. The number of para-hydroxylation sites is 2. The van der Waals surface area contributed by atoms with E-state index in [1.54, 1.807) is 0 Å². The van der Waals surface area contributed by atoms with Crippen molar-refractivity contribution in [2.45, 2.75) is 85.5 Å². The summed E-state index contributed by atoms with van der Waals surface area (Å²) in [4.78, 5) is 23.0. The molecule has 3 aromatic carbocycles. The summed E-state index contributed by atoms with van der Waals surface area (Å²) in [6, 6.07) is 31.0. The molecule has 0 heterocycles. The molecule has 7 nitrogen and oxygen atoms in total. The third-order valence-electron chi connectivity index (χ3n) is 5.71. The molecule has 0 radical (unpaired) electrons. The molecule has 42 heavy (non-hydrogen) atoms. The van der Waals surface area contributed by atoms with E-state index in [1.165, 1.54) is 5.56 Å². The maximum absolute atomic E-state index is 11.5. The summed E-state index contributed by atoms with van der Waals surface area (Å²) in [5, 5.41) is 15.5. The number of nitrogens with one attached hydrogen (secondary N) is 5. The molecule has 0 unspecified atom stereocenters. The van der Waals surface area contributed by atoms with Crippen LogP contribution in [0.2, 0.25) is 0 Å². The molecular formula is C35H53N5O2. The van der Waals surface area contributed by atoms with Gasteiger partial charge in [0.05, 0.1) is 0 Å². The Morgan fingerprint density at radius 3 is 1.38 bits per heavy atom. The van der Waals surface area contributed by atoms with Crippen molar-refractivity contribution >= 4 is 23.2 Å². The molecule has 0 aliphatic heterocycles. The number of carbonyl (C=O) groups is 2. The number of carbonyl (C=O) groups excluding carboxylic acids is 2. The van der Waals surface area contributed by atoms with Crippen molar-refractivity contribution in [1.82, 2.24) is 16.0 Å². The summed E-state index contributed by atoms with van der Waals surface area (Å²) in [5.74, 6) is 0.131. The molecule has 0 aromatic heterocycles. The molecule has 3 rings (SSSR count). The van der Waals surface area contributed by atoms with Crippen molar-refractivity contribution in [3.8, 4) is 0 Å². The molecular weight excluding hydrogens is 522 g/mol. The largest absolute Gasteiger partial charge is 0.326 e. The van der Waals surface area contributed by atoms with Crippen LogP contribution in [0, 0.1) is 0 Å². The number of amides is 2. The maximum Gasteiger partial charge on any atom is 0.225 e. The van der Waals surface area contributed by atoms with Crippen molar-refractivity contribution in [1.29, 1.82) is 0 Å². The first-order valence-corrected chi connectivity index (χ1v) is 15.1. The molecule has 230 valence electrons. The van der Waals surface area contributed by atoms with E-state index in [2.05, 4.69) is 92.4 Å². The van der Waals surface area contributed by atoms with E-state index in [0.29, 0.717) is 31.0 Å². The number of hydrogen-bond acceptors (Lipinski definition) is 5. The van der Waals surface area contributed by atoms with Crippen molar-refractivity contribution in [3.63, 3.8) is 0 Å². The van der Waals surface area contributed by atoms with Crippen LogP contribution in [0.25, 0.3) is 0 Å². The van der Waals surface area contributed by atoms with Gasteiger partial charge in [0, 0.05) is 55.4 Å². The summed E-state index contributed by atoms with van der Waals surface area (Å²) < 4.78 is 0. The number of benzene rings is 3. The average molecular weight is 576 g/mol. The van der Waals surface area contributed by atoms with Gasteiger partial charge in [-0.1, -0.05) is 108 Å². The first kappa shape index (κ1) is 36.5. The lowest BCUT2D eigenvalue weighted by atomic mass is 10.2. The van der Waals surface area contributed by atoms with E-state index in [4.69, 9.17) is 0 Å². The molecule has 0 saturated heterocycles. The van der Waals surface area contributed by atoms with Crippen LogP contribution in [-0.2, 0) is 16.1 Å². The Balaban J connectivity index is 0.000000320. The highest BCUT2D eigenvalue weighted by molar-refractivity contribution is 5.91. The Bertz CT molecular complexity index is 1070. The third-order valence-corrected chi connectivity index (χ3v) is 5.71. The first-order valence-electron chi connectivity index (χ1n) is 15.1. The highest BCUT2D eigenvalue weighted by atomic mass is 16.2. The first-order chi connectivity index (χ1) is 20.2. The smallest absolute Gasteiger partial charge is 0.225 e. The van der Waals surface area contributed by atoms with Crippen molar-refractivity contribution in [2.75, 3.05) is 23.7 Å². The van der Waals surface area contributed by atoms with Crippen LogP contribution in [0.3, 0.4) is 0 Å². The molecule has 5 N–H and O–H groups in total. The lowest BCUT2D eigenvalue weighted by Gasteiger charge is -2.08. The lowest BCUT2D eigenvalue weighted by molar-refractivity contribution is -0.117. The van der Waals surface area contributed by atoms with Gasteiger partial charge in [0.15, 0.2) is 0 Å². The Labute approximate surface area is 254 Å². The molecule has 0 saturated carbocycles. The second-order valence-corrected chi connectivity index (χ2v) is 10.9. The monoisotopic (exact) mass is 575 g/mol. The van der Waals surface area contributed by atoms with Crippen molar-refractivity contribution in [3.05, 3.63) is 96.6 Å². The fourth-order valence-corrected chi connectivity index (χ4v) is 3.52. The predicted octanol–water partition coefficient (Wildman–Crippen LogP) is 6.60. The van der Waals surface area contributed by atoms with Crippen LogP contribution in [0.1, 0.15) is 66.4 Å². The van der Waals surface area contributed by atoms with Crippen LogP contribution < -0.4 is 26.6 Å². The van der Waals surface area contributed by atoms with Crippen molar-refractivity contribution in [2.24, 2.45) is 0 Å². The topological polar surface area (TPSA) is 94.3 Å². The van der Waals surface area contributed by atoms with Gasteiger partial charge >= 0.3 is 0 Å². The zero-order valence-corrected chi connectivity index (χ0v) is 26.5. The van der Waals surface area contributed by atoms with E-state index in [-0.39, 0.29) is 11.8 Å². The van der Waals surface area contributed by atoms with Crippen LogP contribution in [-0.4, -0.2) is 43.0 Å². The van der Waals surface area contributed by atoms with Gasteiger partial charge in [-0.3, -0.25) is 9.59 Å². The summed E-state index contributed by atoms with van der Waals surface area (Å²) in [6.07, 6.45) is 1.94. The Morgan fingerprint density at radius 2 is 0.929 bits per heavy atom. The normalized spacial score (nSPS) is 10.4. The molecule has 0 spiro atoms. The molecule has 2 amide bonds. The second kappa shape index (κ2) is 23.1. The quantitative estimate of drug-likeness (QED) is 0.140. The van der Waals surface area contributed by atoms with E-state index in [9.17, 15) is 9.59 Å². The number of hydrogen-bond donors (Lipinski definition) is 5. The molecule has 0 aliphatic rings. The SMILES string of the molecule is CC(C)NCCC(=O)Nc1ccccc1.CC(C)NCCCC(=O)Nc1ccccc1.CC(C)NCc1ccccc1. The van der Waals surface area contributed by atoms with E-state index < -0.39 is 0 Å². The Hall–Kier alpha value is -3.52. The summed E-state index contributed by atoms with van der Waals surface area (Å²) in [6.45, 7) is 15.2. The minimum Gasteiger partial charge on any atom is -0.326 e. The lowest BCUT2D eigenvalue weighted by Crippen LogP contribution is -2.27. The van der Waals surface area contributed by atoms with Gasteiger partial charge in [0.1, 0.15) is 0 Å². The second-order valence-electron chi connectivity index (χ2n) is 10.9. The van der Waals surface area contributed by atoms with Crippen molar-refractivity contribution < 1.29 is 9.59 Å². The summed E-state index contributed by atoms with van der Waals surface area (Å²) in [7, 11) is 0. The van der Waals surface area contributed by atoms with Crippen LogP contribution in [0.15, 0.2) is 91.0 Å². The summed E-state index contributed by atoms with van der Waals surface area (Å²) in [5.41, 5.74) is 3.07. The molecule has 0 bridgehead atoms. The van der Waals surface area contributed by atoms with Crippen LogP contribution in [0.4, 0.5) is 11.4 Å². The molecule has 0 aliphatic carbocycles. The van der Waals surface area contributed by atoms with Crippen LogP contribution in [0.5, 0.6) is 0 Å². The maximum atomic E-state index is 11.5. The van der Waals surface area contributed by atoms with Crippen LogP contribution >= 0.6 is 0 Å². The fourth-order valence-electron chi connectivity index (χ4n) is 3.52. The van der Waals surface area contributed by atoms with Gasteiger partial charge in [-0.05, 0) is 42.8 Å². The van der Waals surface area contributed by atoms with E-state index >= 15 is 0 Å². The van der Waals surface area contributed by atoms with E-state index in [1.807, 2.05) is 66.7 Å². The molecule has 7 heteroatoms. The minimum absolute atomic E-state index is 0.0503. The van der Waals surface area contributed by atoms with Gasteiger partial charge in [0.2, 0.25) is 11.8 Å². The fraction of sp³-hybridized carbons (Fsp3) is 0.429. The molecule has 3 aromatic rings. The predicted molar refractivity (Wildman–Crippen MR) is 179 cm³/mol. The molecule has 0 atom stereocenters. The van der Waals surface area contributed by atoms with Gasteiger partial charge in [-0.2, -0.15) is 0 Å². The Kier molecular flexibility index (Phi) is 20.1. The van der Waals surface area contributed by atoms with E-state index in [0.717, 1.165) is 37.4 Å². The van der Waals surface area contributed by atoms with Gasteiger partial charge in [-0.15, -0.1) is 0 Å². The van der Waals surface area contributed by atoms with Gasteiger partial charge < -0.3 is 26.6 Å². The number of rotatable bonds is 14. The highest BCUT2D eigenvalue weighted by Gasteiger charge is 2.02. The highest BCUT2D eigenvalue weighted by Crippen LogP contribution is 2.06. The standard InChI is InChI=1S/C13H20N2O.C12H18N2O.C10H15N/c1-11(2)14-10-6-9-13(16)15-12-7-4-3-5-8-12;1-10(2)13-9-8-12(15)14-11-6-4-3-5-7-11;1-9(2)11-8-10-6-4-3-5-7-10/h3-5,7-8,11,14H,6,9-10H2,1-2H3,(H,15,16);3-7,10,13H,8-9H2,1-2H3,(H,14,15);3-7,9,11H,8H2,1-2H3. The summed E-state index contributed by atoms with van der Waals surface area (Å²) >= 11 is 0. The molecule has 0 fully saturated rings. The minimum atomic E-state index is 0.0503. The average Bonchev–Trinajstić information content (AvgIpc) is 2.96. The zero-order chi connectivity index (χ0) is 31.0. The van der Waals surface area contributed by atoms with Gasteiger partial charge in [-0.25, -0.2) is 0 Å². The zero-order valence-electron chi connectivity index (χ0n) is 26.5. The number of anilines is 2. The Morgan fingerprint density at radius 1 is 0.524 bits per heavy atom.